The number of hydrogen-bond donors (Lipinski definition) is 2. The molecule has 10 heteroatoms. The second kappa shape index (κ2) is 7.81. The summed E-state index contributed by atoms with van der Waals surface area (Å²) in [6.07, 6.45) is -3.45. The summed E-state index contributed by atoms with van der Waals surface area (Å²) in [4.78, 5) is 0.197. The first-order chi connectivity index (χ1) is 12.0. The average molecular weight is 423 g/mol. The zero-order valence-corrected chi connectivity index (χ0v) is 15.8. The maximum Gasteiger partial charge on any atom is 0.417 e. The normalized spacial score (nSPS) is 11.9. The van der Waals surface area contributed by atoms with Gasteiger partial charge in [-0.2, -0.15) is 13.2 Å². The second-order valence-electron chi connectivity index (χ2n) is 5.42. The van der Waals surface area contributed by atoms with E-state index in [0.29, 0.717) is 0 Å². The van der Waals surface area contributed by atoms with Gasteiger partial charge in [-0.3, -0.25) is 0 Å². The van der Waals surface area contributed by atoms with Gasteiger partial charge >= 0.3 is 6.18 Å². The van der Waals surface area contributed by atoms with Crippen LogP contribution in [0.2, 0.25) is 5.02 Å². The Balaban J connectivity index is 1.99. The molecule has 0 aromatic heterocycles. The molecule has 2 aromatic carbocycles. The molecule has 0 aliphatic heterocycles. The van der Waals surface area contributed by atoms with E-state index in [9.17, 15) is 21.6 Å². The summed E-state index contributed by atoms with van der Waals surface area (Å²) < 4.78 is 61.3. The molecule has 0 aliphatic rings. The molecular formula is C16H14ClF3N2O2S2. The fourth-order valence-corrected chi connectivity index (χ4v) is 3.08. The van der Waals surface area contributed by atoms with Crippen LogP contribution in [-0.4, -0.2) is 19.8 Å². The Labute approximate surface area is 159 Å². The van der Waals surface area contributed by atoms with Gasteiger partial charge in [0.2, 0.25) is 0 Å². The molecule has 26 heavy (non-hydrogen) atoms. The minimum atomic E-state index is -4.56. The topological polar surface area (TPSA) is 58.2 Å². The van der Waals surface area contributed by atoms with Gasteiger partial charge in [-0.25, -0.2) is 8.42 Å². The minimum Gasteiger partial charge on any atom is -0.358 e. The maximum atomic E-state index is 12.8. The number of halogens is 4. The van der Waals surface area contributed by atoms with Gasteiger partial charge in [-0.1, -0.05) is 23.7 Å². The largest absolute Gasteiger partial charge is 0.417 e. The summed E-state index contributed by atoms with van der Waals surface area (Å²) in [6.45, 7) is 0.273. The molecule has 0 unspecified atom stereocenters. The lowest BCUT2D eigenvalue weighted by Crippen LogP contribution is -2.28. The van der Waals surface area contributed by atoms with Crippen molar-refractivity contribution in [3.63, 3.8) is 0 Å². The number of thiocarbonyl (C=S) groups is 1. The third-order valence-corrected chi connectivity index (χ3v) is 5.04. The molecule has 0 amide bonds. The molecule has 2 aromatic rings. The number of anilines is 1. The highest BCUT2D eigenvalue weighted by molar-refractivity contribution is 7.90. The molecule has 0 bridgehead atoms. The first-order valence-corrected chi connectivity index (χ1v) is 9.85. The van der Waals surface area contributed by atoms with E-state index in [4.69, 9.17) is 23.8 Å². The van der Waals surface area contributed by atoms with Crippen LogP contribution in [0.1, 0.15) is 11.1 Å². The molecule has 2 rings (SSSR count). The van der Waals surface area contributed by atoms with Gasteiger partial charge in [0, 0.05) is 18.5 Å². The van der Waals surface area contributed by atoms with Crippen LogP contribution in [-0.2, 0) is 22.6 Å². The lowest BCUT2D eigenvalue weighted by Gasteiger charge is -2.14. The van der Waals surface area contributed by atoms with Crippen LogP contribution in [0.5, 0.6) is 0 Å². The first kappa shape index (κ1) is 20.5. The lowest BCUT2D eigenvalue weighted by atomic mass is 10.2. The molecule has 2 N–H and O–H groups in total. The van der Waals surface area contributed by atoms with E-state index in [2.05, 4.69) is 10.6 Å². The fraction of sp³-hybridized carbons (Fsp3) is 0.188. The SMILES string of the molecule is CS(=O)(=O)c1ccc(CNC(=S)Nc2ccc(Cl)c(C(F)(F)F)c2)cc1. The monoisotopic (exact) mass is 422 g/mol. The number of alkyl halides is 3. The molecule has 0 fully saturated rings. The quantitative estimate of drug-likeness (QED) is 0.721. The number of benzene rings is 2. The lowest BCUT2D eigenvalue weighted by molar-refractivity contribution is -0.137. The summed E-state index contributed by atoms with van der Waals surface area (Å²) in [5.74, 6) is 0. The van der Waals surface area contributed by atoms with Crippen molar-refractivity contribution >= 4 is 44.5 Å². The van der Waals surface area contributed by atoms with Crippen LogP contribution in [0.4, 0.5) is 18.9 Å². The third kappa shape index (κ3) is 5.58. The zero-order valence-electron chi connectivity index (χ0n) is 13.4. The van der Waals surface area contributed by atoms with E-state index in [1.165, 1.54) is 18.2 Å². The summed E-state index contributed by atoms with van der Waals surface area (Å²) in [7, 11) is -3.27. The molecule has 0 saturated heterocycles. The highest BCUT2D eigenvalue weighted by Gasteiger charge is 2.33. The Bertz CT molecular complexity index is 914. The Kier molecular flexibility index (Phi) is 6.15. The smallest absolute Gasteiger partial charge is 0.358 e. The van der Waals surface area contributed by atoms with Crippen molar-refractivity contribution in [2.75, 3.05) is 11.6 Å². The molecule has 0 radical (unpaired) electrons. The van der Waals surface area contributed by atoms with Crippen molar-refractivity contribution in [1.29, 1.82) is 0 Å². The van der Waals surface area contributed by atoms with Gasteiger partial charge in [0.25, 0.3) is 0 Å². The molecule has 0 heterocycles. The molecule has 0 saturated carbocycles. The van der Waals surface area contributed by atoms with E-state index in [1.54, 1.807) is 12.1 Å². The van der Waals surface area contributed by atoms with Gasteiger partial charge in [0.1, 0.15) is 0 Å². The summed E-state index contributed by atoms with van der Waals surface area (Å²) in [5, 5.41) is 5.21. The zero-order chi connectivity index (χ0) is 19.5. The average Bonchev–Trinajstić information content (AvgIpc) is 2.53. The molecule has 140 valence electrons. The van der Waals surface area contributed by atoms with Crippen LogP contribution in [0.15, 0.2) is 47.4 Å². The second-order valence-corrected chi connectivity index (χ2v) is 8.25. The van der Waals surface area contributed by atoms with E-state index in [-0.39, 0.29) is 22.2 Å². The number of rotatable bonds is 4. The Morgan fingerprint density at radius 3 is 2.31 bits per heavy atom. The van der Waals surface area contributed by atoms with Gasteiger partial charge < -0.3 is 10.6 Å². The number of sulfone groups is 1. The predicted octanol–water partition coefficient (Wildman–Crippen LogP) is 4.25. The van der Waals surface area contributed by atoms with Crippen LogP contribution in [0.25, 0.3) is 0 Å². The highest BCUT2D eigenvalue weighted by Crippen LogP contribution is 2.36. The first-order valence-electron chi connectivity index (χ1n) is 7.17. The van der Waals surface area contributed by atoms with Crippen molar-refractivity contribution < 1.29 is 21.6 Å². The molecule has 0 atom stereocenters. The van der Waals surface area contributed by atoms with Crippen LogP contribution in [0, 0.1) is 0 Å². The highest BCUT2D eigenvalue weighted by atomic mass is 35.5. The van der Waals surface area contributed by atoms with Crippen molar-refractivity contribution in [2.45, 2.75) is 17.6 Å². The summed E-state index contributed by atoms with van der Waals surface area (Å²) in [5.41, 5.74) is -0.0522. The van der Waals surface area contributed by atoms with E-state index < -0.39 is 26.6 Å². The van der Waals surface area contributed by atoms with Crippen molar-refractivity contribution in [3.05, 3.63) is 58.6 Å². The van der Waals surface area contributed by atoms with Crippen molar-refractivity contribution in [3.8, 4) is 0 Å². The van der Waals surface area contributed by atoms with Gasteiger partial charge in [0.05, 0.1) is 15.5 Å². The molecular weight excluding hydrogens is 409 g/mol. The van der Waals surface area contributed by atoms with Crippen LogP contribution >= 0.6 is 23.8 Å². The van der Waals surface area contributed by atoms with Gasteiger partial charge in [-0.15, -0.1) is 0 Å². The van der Waals surface area contributed by atoms with Crippen molar-refractivity contribution in [1.82, 2.24) is 5.32 Å². The maximum absolute atomic E-state index is 12.8. The van der Waals surface area contributed by atoms with Crippen LogP contribution in [0.3, 0.4) is 0 Å². The van der Waals surface area contributed by atoms with Gasteiger partial charge in [0.15, 0.2) is 14.9 Å². The number of hydrogen-bond acceptors (Lipinski definition) is 3. The molecule has 4 nitrogen and oxygen atoms in total. The summed E-state index contributed by atoms with van der Waals surface area (Å²) in [6, 6.07) is 9.57. The molecule has 0 spiro atoms. The van der Waals surface area contributed by atoms with E-state index >= 15 is 0 Å². The van der Waals surface area contributed by atoms with Gasteiger partial charge in [-0.05, 0) is 48.1 Å². The van der Waals surface area contributed by atoms with Crippen LogP contribution < -0.4 is 10.6 Å². The Morgan fingerprint density at radius 2 is 1.77 bits per heavy atom. The third-order valence-electron chi connectivity index (χ3n) is 3.33. The predicted molar refractivity (Wildman–Crippen MR) is 99.1 cm³/mol. The standard InChI is InChI=1S/C16H14ClF3N2O2S2/c1-26(23,24)12-5-2-10(3-6-12)9-21-15(25)22-11-4-7-14(17)13(8-11)16(18,19)20/h2-8H,9H2,1H3,(H2,21,22,25). The van der Waals surface area contributed by atoms with E-state index in [0.717, 1.165) is 24.0 Å². The number of nitrogens with one attached hydrogen (secondary N) is 2. The minimum absolute atomic E-state index is 0.118. The fourth-order valence-electron chi connectivity index (χ4n) is 2.03. The molecule has 0 aliphatic carbocycles. The Morgan fingerprint density at radius 1 is 1.15 bits per heavy atom. The Hall–Kier alpha value is -1.84. The summed E-state index contributed by atoms with van der Waals surface area (Å²) >= 11 is 10.6. The van der Waals surface area contributed by atoms with Crippen molar-refractivity contribution in [2.24, 2.45) is 0 Å². The van der Waals surface area contributed by atoms with E-state index in [1.807, 2.05) is 0 Å².